The van der Waals surface area contributed by atoms with Crippen molar-refractivity contribution >= 4 is 21.8 Å². The highest BCUT2D eigenvalue weighted by atomic mass is 32.2. The molecule has 0 spiro atoms. The molecule has 0 aliphatic rings. The number of rotatable bonds is 4. The van der Waals surface area contributed by atoms with E-state index < -0.39 is 27.2 Å². The first-order valence-corrected chi connectivity index (χ1v) is 8.32. The maximum absolute atomic E-state index is 12.5. The van der Waals surface area contributed by atoms with Crippen LogP contribution in [0.3, 0.4) is 0 Å². The molecule has 0 radical (unpaired) electrons. The molecule has 10 heteroatoms. The quantitative estimate of drug-likeness (QED) is 0.885. The molecule has 136 valence electrons. The monoisotopic (exact) mass is 368 g/mol. The number of ether oxygens (including phenoxy) is 1. The van der Waals surface area contributed by atoms with Gasteiger partial charge in [0.05, 0.1) is 12.2 Å². The molecule has 1 rings (SSSR count). The second-order valence-corrected chi connectivity index (χ2v) is 7.72. The van der Waals surface area contributed by atoms with Crippen molar-refractivity contribution in [2.24, 2.45) is 0 Å². The number of carbonyl (C=O) groups is 1. The van der Waals surface area contributed by atoms with E-state index in [1.54, 1.807) is 20.8 Å². The largest absolute Gasteiger partial charge is 0.516 e. The number of sulfonamides is 1. The Labute approximate surface area is 138 Å². The first-order chi connectivity index (χ1) is 10.7. The minimum atomic E-state index is -5.54. The van der Waals surface area contributed by atoms with Gasteiger partial charge in [0.2, 0.25) is 0 Å². The number of amides is 1. The fourth-order valence-corrected chi connectivity index (χ4v) is 2.22. The number of hydrogen-bond acceptors (Lipinski definition) is 4. The van der Waals surface area contributed by atoms with Crippen molar-refractivity contribution in [2.75, 3.05) is 11.8 Å². The van der Waals surface area contributed by atoms with Crippen molar-refractivity contribution in [3.63, 3.8) is 0 Å². The van der Waals surface area contributed by atoms with E-state index in [2.05, 4.69) is 0 Å². The van der Waals surface area contributed by atoms with E-state index in [9.17, 15) is 26.4 Å². The number of halogens is 3. The van der Waals surface area contributed by atoms with Crippen molar-refractivity contribution in [3.8, 4) is 0 Å². The molecule has 0 saturated carbocycles. The van der Waals surface area contributed by atoms with E-state index in [1.807, 2.05) is 0 Å². The summed E-state index contributed by atoms with van der Waals surface area (Å²) in [5.74, 6) is 0. The predicted octanol–water partition coefficient (Wildman–Crippen LogP) is 3.32. The molecule has 0 aliphatic heterocycles. The predicted molar refractivity (Wildman–Crippen MR) is 82.7 cm³/mol. The summed E-state index contributed by atoms with van der Waals surface area (Å²) in [4.78, 5) is 13.0. The molecule has 0 saturated heterocycles. The SMILES string of the molecule is CN(Cc1ccccc1NS(=O)(=O)C(F)(F)F)C(=O)OC(C)(C)C. The molecular weight excluding hydrogens is 349 g/mol. The molecule has 0 fully saturated rings. The highest BCUT2D eigenvalue weighted by molar-refractivity contribution is 7.93. The lowest BCUT2D eigenvalue weighted by Gasteiger charge is -2.25. The van der Waals surface area contributed by atoms with Gasteiger partial charge in [0.25, 0.3) is 0 Å². The minimum absolute atomic E-state index is 0.133. The van der Waals surface area contributed by atoms with Gasteiger partial charge in [-0.3, -0.25) is 4.72 Å². The van der Waals surface area contributed by atoms with Gasteiger partial charge in [-0.05, 0) is 32.4 Å². The van der Waals surface area contributed by atoms with Crippen LogP contribution in [0, 0.1) is 0 Å². The highest BCUT2D eigenvalue weighted by Crippen LogP contribution is 2.27. The second kappa shape index (κ2) is 6.88. The van der Waals surface area contributed by atoms with Crippen LogP contribution in [-0.4, -0.2) is 37.6 Å². The number of benzene rings is 1. The van der Waals surface area contributed by atoms with Crippen LogP contribution in [0.15, 0.2) is 24.3 Å². The third-order valence-corrected chi connectivity index (χ3v) is 3.78. The van der Waals surface area contributed by atoms with Crippen LogP contribution in [0.2, 0.25) is 0 Å². The van der Waals surface area contributed by atoms with Gasteiger partial charge >= 0.3 is 21.6 Å². The van der Waals surface area contributed by atoms with Crippen LogP contribution in [0.4, 0.5) is 23.7 Å². The van der Waals surface area contributed by atoms with E-state index in [1.165, 1.54) is 36.0 Å². The number of nitrogens with zero attached hydrogens (tertiary/aromatic N) is 1. The molecule has 0 bridgehead atoms. The van der Waals surface area contributed by atoms with Gasteiger partial charge in [0.15, 0.2) is 0 Å². The van der Waals surface area contributed by atoms with Crippen molar-refractivity contribution < 1.29 is 31.1 Å². The van der Waals surface area contributed by atoms with Crippen LogP contribution in [0.5, 0.6) is 0 Å². The summed E-state index contributed by atoms with van der Waals surface area (Å²) >= 11 is 0. The first-order valence-electron chi connectivity index (χ1n) is 6.84. The smallest absolute Gasteiger partial charge is 0.444 e. The standard InChI is InChI=1S/C14H19F3N2O4S/c1-13(2,3)23-12(20)19(4)9-10-7-5-6-8-11(10)18-24(21,22)14(15,16)17/h5-8,18H,9H2,1-4H3. The Balaban J connectivity index is 2.98. The summed E-state index contributed by atoms with van der Waals surface area (Å²) in [6.07, 6.45) is -0.684. The lowest BCUT2D eigenvalue weighted by molar-refractivity contribution is -0.0429. The molecule has 1 aromatic rings. The Bertz CT molecular complexity index is 697. The molecule has 6 nitrogen and oxygen atoms in total. The van der Waals surface area contributed by atoms with Crippen LogP contribution in [-0.2, 0) is 21.3 Å². The van der Waals surface area contributed by atoms with Gasteiger partial charge in [-0.25, -0.2) is 4.79 Å². The van der Waals surface area contributed by atoms with E-state index in [-0.39, 0.29) is 17.8 Å². The fourth-order valence-electron chi connectivity index (χ4n) is 1.62. The van der Waals surface area contributed by atoms with Crippen LogP contribution in [0.25, 0.3) is 0 Å². The Morgan fingerprint density at radius 2 is 1.75 bits per heavy atom. The first kappa shape index (κ1) is 20.1. The van der Waals surface area contributed by atoms with Crippen molar-refractivity contribution in [1.29, 1.82) is 0 Å². The maximum atomic E-state index is 12.5. The summed E-state index contributed by atoms with van der Waals surface area (Å²) in [5.41, 5.74) is -6.23. The topological polar surface area (TPSA) is 75.7 Å². The van der Waals surface area contributed by atoms with Gasteiger partial charge in [0.1, 0.15) is 5.60 Å². The van der Waals surface area contributed by atoms with Crippen molar-refractivity contribution in [1.82, 2.24) is 4.90 Å². The van der Waals surface area contributed by atoms with Crippen molar-refractivity contribution in [2.45, 2.75) is 38.4 Å². The summed E-state index contributed by atoms with van der Waals surface area (Å²) in [7, 11) is -4.15. The highest BCUT2D eigenvalue weighted by Gasteiger charge is 2.46. The summed E-state index contributed by atoms with van der Waals surface area (Å²) in [5, 5.41) is 0. The molecular formula is C14H19F3N2O4S. The molecule has 0 unspecified atom stereocenters. The third kappa shape index (κ3) is 5.59. The molecule has 0 heterocycles. The zero-order valence-electron chi connectivity index (χ0n) is 13.6. The molecule has 0 aromatic heterocycles. The normalized spacial score (nSPS) is 12.6. The zero-order chi connectivity index (χ0) is 18.8. The maximum Gasteiger partial charge on any atom is 0.516 e. The summed E-state index contributed by atoms with van der Waals surface area (Å²) in [6, 6.07) is 5.49. The number of para-hydroxylation sites is 1. The number of alkyl halides is 3. The molecule has 0 atom stereocenters. The fraction of sp³-hybridized carbons (Fsp3) is 0.500. The number of nitrogens with one attached hydrogen (secondary N) is 1. The van der Waals surface area contributed by atoms with E-state index in [0.29, 0.717) is 0 Å². The molecule has 1 N–H and O–H groups in total. The average Bonchev–Trinajstić information content (AvgIpc) is 2.37. The minimum Gasteiger partial charge on any atom is -0.444 e. The third-order valence-electron chi connectivity index (χ3n) is 2.68. The van der Waals surface area contributed by atoms with Crippen LogP contribution >= 0.6 is 0 Å². The lowest BCUT2D eigenvalue weighted by Crippen LogP contribution is -2.34. The Kier molecular flexibility index (Phi) is 5.75. The Hall–Kier alpha value is -1.97. The number of carbonyl (C=O) groups excluding carboxylic acids is 1. The van der Waals surface area contributed by atoms with Gasteiger partial charge in [0, 0.05) is 7.05 Å². The molecule has 0 aliphatic carbocycles. The van der Waals surface area contributed by atoms with Crippen molar-refractivity contribution in [3.05, 3.63) is 29.8 Å². The van der Waals surface area contributed by atoms with Gasteiger partial charge in [-0.15, -0.1) is 0 Å². The van der Waals surface area contributed by atoms with E-state index in [0.717, 1.165) is 4.90 Å². The summed E-state index contributed by atoms with van der Waals surface area (Å²) < 4.78 is 66.6. The average molecular weight is 368 g/mol. The van der Waals surface area contributed by atoms with Gasteiger partial charge in [-0.1, -0.05) is 18.2 Å². The van der Waals surface area contributed by atoms with Crippen LogP contribution in [0.1, 0.15) is 26.3 Å². The number of anilines is 1. The van der Waals surface area contributed by atoms with Gasteiger partial charge < -0.3 is 9.64 Å². The second-order valence-electron chi connectivity index (χ2n) is 6.04. The van der Waals surface area contributed by atoms with E-state index in [4.69, 9.17) is 4.74 Å². The van der Waals surface area contributed by atoms with Crippen LogP contribution < -0.4 is 4.72 Å². The Morgan fingerprint density at radius 1 is 1.21 bits per heavy atom. The lowest BCUT2D eigenvalue weighted by atomic mass is 10.2. The summed E-state index contributed by atoms with van der Waals surface area (Å²) in [6.45, 7) is 4.88. The van der Waals surface area contributed by atoms with E-state index >= 15 is 0 Å². The molecule has 1 amide bonds. The van der Waals surface area contributed by atoms with Gasteiger partial charge in [-0.2, -0.15) is 21.6 Å². The number of hydrogen-bond donors (Lipinski definition) is 1. The molecule has 1 aromatic carbocycles. The Morgan fingerprint density at radius 3 is 2.25 bits per heavy atom. The molecule has 24 heavy (non-hydrogen) atoms. The zero-order valence-corrected chi connectivity index (χ0v) is 14.5.